The van der Waals surface area contributed by atoms with Crippen LogP contribution < -0.4 is 11.1 Å². The minimum absolute atomic E-state index is 0.0187. The van der Waals surface area contributed by atoms with Crippen LogP contribution in [0.5, 0.6) is 0 Å². The first kappa shape index (κ1) is 13.6. The van der Waals surface area contributed by atoms with Crippen LogP contribution in [0.2, 0.25) is 0 Å². The van der Waals surface area contributed by atoms with Crippen molar-refractivity contribution in [2.24, 2.45) is 0 Å². The molecule has 0 bridgehead atoms. The average Bonchev–Trinajstić information content (AvgIpc) is 2.62. The van der Waals surface area contributed by atoms with Crippen molar-refractivity contribution in [3.05, 3.63) is 16.2 Å². The number of hydrogen-bond donors (Lipinski definition) is 2. The van der Waals surface area contributed by atoms with E-state index in [9.17, 15) is 0 Å². The molecular weight excluding hydrogens is 298 g/mol. The number of nitrogens with two attached hydrogens (primary N) is 1. The van der Waals surface area contributed by atoms with Gasteiger partial charge in [-0.25, -0.2) is 4.98 Å². The number of ether oxygens (including phenoxy) is 2. The molecule has 2 rings (SSSR count). The number of nitrogen functional groups attached to an aromatic ring is 1. The van der Waals surface area contributed by atoms with Gasteiger partial charge in [0.05, 0.1) is 18.0 Å². The number of nitrogens with one attached hydrogen (secondary N) is 1. The largest absolute Gasteiger partial charge is 0.396 e. The second-order valence-electron chi connectivity index (χ2n) is 4.83. The second-order valence-corrected chi connectivity index (χ2v) is 5.68. The molecule has 6 heteroatoms. The fourth-order valence-electron chi connectivity index (χ4n) is 1.81. The summed E-state index contributed by atoms with van der Waals surface area (Å²) in [4.78, 5) is 4.39. The van der Waals surface area contributed by atoms with Crippen molar-refractivity contribution in [2.45, 2.75) is 32.7 Å². The van der Waals surface area contributed by atoms with Crippen LogP contribution in [-0.4, -0.2) is 30.0 Å². The third kappa shape index (κ3) is 3.13. The summed E-state index contributed by atoms with van der Waals surface area (Å²) >= 11 is 3.40. The number of aryl methyl sites for hydroxylation is 1. The van der Waals surface area contributed by atoms with Gasteiger partial charge in [0.1, 0.15) is 11.9 Å². The second kappa shape index (κ2) is 5.03. The van der Waals surface area contributed by atoms with Crippen LogP contribution in [0.1, 0.15) is 19.5 Å². The van der Waals surface area contributed by atoms with E-state index in [2.05, 4.69) is 26.2 Å². The predicted molar refractivity (Wildman–Crippen MR) is 74.5 cm³/mol. The zero-order valence-corrected chi connectivity index (χ0v) is 12.4. The highest BCUT2D eigenvalue weighted by Crippen LogP contribution is 2.25. The number of anilines is 2. The normalized spacial score (nSPS) is 22.1. The van der Waals surface area contributed by atoms with Crippen LogP contribution in [0.25, 0.3) is 0 Å². The molecule has 1 aliphatic heterocycles. The van der Waals surface area contributed by atoms with Crippen LogP contribution in [0.4, 0.5) is 11.5 Å². The smallest absolute Gasteiger partial charge is 0.163 e. The number of pyridine rings is 1. The summed E-state index contributed by atoms with van der Waals surface area (Å²) in [5.41, 5.74) is 7.42. The Balaban J connectivity index is 1.97. The third-order valence-corrected chi connectivity index (χ3v) is 3.55. The van der Waals surface area contributed by atoms with Crippen LogP contribution in [-0.2, 0) is 9.47 Å². The zero-order valence-electron chi connectivity index (χ0n) is 10.8. The Kier molecular flexibility index (Phi) is 3.79. The highest BCUT2D eigenvalue weighted by molar-refractivity contribution is 9.10. The van der Waals surface area contributed by atoms with Crippen LogP contribution in [0.15, 0.2) is 10.5 Å². The molecule has 1 aliphatic rings. The maximum absolute atomic E-state index is 5.90. The molecule has 2 heterocycles. The number of hydrogen-bond acceptors (Lipinski definition) is 5. The Morgan fingerprint density at radius 3 is 2.94 bits per heavy atom. The summed E-state index contributed by atoms with van der Waals surface area (Å²) in [6.45, 7) is 6.94. The summed E-state index contributed by atoms with van der Waals surface area (Å²) in [5.74, 6) is 0.185. The van der Waals surface area contributed by atoms with E-state index >= 15 is 0 Å². The summed E-state index contributed by atoms with van der Waals surface area (Å²) in [5, 5.41) is 3.20. The number of halogens is 1. The van der Waals surface area contributed by atoms with E-state index in [-0.39, 0.29) is 6.10 Å². The molecule has 100 valence electrons. The van der Waals surface area contributed by atoms with Crippen molar-refractivity contribution >= 4 is 27.4 Å². The molecule has 3 N–H and O–H groups in total. The van der Waals surface area contributed by atoms with E-state index in [0.717, 1.165) is 10.2 Å². The van der Waals surface area contributed by atoms with Gasteiger partial charge in [-0.1, -0.05) is 0 Å². The van der Waals surface area contributed by atoms with Crippen molar-refractivity contribution in [3.63, 3.8) is 0 Å². The average molecular weight is 316 g/mol. The van der Waals surface area contributed by atoms with Crippen molar-refractivity contribution in [2.75, 3.05) is 24.2 Å². The molecule has 0 saturated carbocycles. The molecule has 1 fully saturated rings. The summed E-state index contributed by atoms with van der Waals surface area (Å²) in [6, 6.07) is 1.85. The molecule has 1 aromatic rings. The summed E-state index contributed by atoms with van der Waals surface area (Å²) in [6.07, 6.45) is 0.0187. The molecule has 1 saturated heterocycles. The van der Waals surface area contributed by atoms with Crippen LogP contribution >= 0.6 is 15.9 Å². The Bertz CT molecular complexity index is 451. The minimum atomic E-state index is -0.499. The predicted octanol–water partition coefficient (Wildman–Crippen LogP) is 2.30. The van der Waals surface area contributed by atoms with E-state index in [1.165, 1.54) is 0 Å². The molecular formula is C12H18BrN3O2. The van der Waals surface area contributed by atoms with E-state index in [1.54, 1.807) is 0 Å². The van der Waals surface area contributed by atoms with Gasteiger partial charge in [-0.05, 0) is 42.8 Å². The van der Waals surface area contributed by atoms with Gasteiger partial charge in [-0.3, -0.25) is 0 Å². The number of nitrogens with zero attached hydrogens (tertiary/aromatic N) is 1. The SMILES string of the molecule is Cc1nc(NCC2COC(C)(C)O2)c(N)cc1Br. The van der Waals surface area contributed by atoms with Gasteiger partial charge in [0, 0.05) is 11.0 Å². The maximum atomic E-state index is 5.90. The van der Waals surface area contributed by atoms with E-state index < -0.39 is 5.79 Å². The molecule has 1 unspecified atom stereocenters. The molecule has 1 aromatic heterocycles. The van der Waals surface area contributed by atoms with Gasteiger partial charge in [-0.2, -0.15) is 0 Å². The molecule has 0 aliphatic carbocycles. The van der Waals surface area contributed by atoms with Crippen LogP contribution in [0, 0.1) is 6.92 Å². The lowest BCUT2D eigenvalue weighted by Gasteiger charge is -2.18. The topological polar surface area (TPSA) is 69.4 Å². The first-order valence-corrected chi connectivity index (χ1v) is 6.65. The van der Waals surface area contributed by atoms with Gasteiger partial charge >= 0.3 is 0 Å². The lowest BCUT2D eigenvalue weighted by Crippen LogP contribution is -2.26. The van der Waals surface area contributed by atoms with Crippen molar-refractivity contribution in [1.29, 1.82) is 0 Å². The molecule has 5 nitrogen and oxygen atoms in total. The standard InChI is InChI=1S/C12H18BrN3O2/c1-7-9(13)4-10(14)11(16-7)15-5-8-6-17-12(2,3)18-8/h4,8H,5-6,14H2,1-3H3,(H,15,16). The van der Waals surface area contributed by atoms with Gasteiger partial charge in [0.25, 0.3) is 0 Å². The third-order valence-electron chi connectivity index (χ3n) is 2.75. The summed E-state index contributed by atoms with van der Waals surface area (Å²) < 4.78 is 12.1. The minimum Gasteiger partial charge on any atom is -0.396 e. The van der Waals surface area contributed by atoms with Crippen molar-refractivity contribution < 1.29 is 9.47 Å². The van der Waals surface area contributed by atoms with E-state index in [1.807, 2.05) is 26.8 Å². The Labute approximate surface area is 115 Å². The van der Waals surface area contributed by atoms with Gasteiger partial charge in [0.2, 0.25) is 0 Å². The molecule has 18 heavy (non-hydrogen) atoms. The Hall–Kier alpha value is -0.850. The molecule has 0 radical (unpaired) electrons. The number of aromatic nitrogens is 1. The van der Waals surface area contributed by atoms with Crippen LogP contribution in [0.3, 0.4) is 0 Å². The fourth-order valence-corrected chi connectivity index (χ4v) is 2.15. The summed E-state index contributed by atoms with van der Waals surface area (Å²) in [7, 11) is 0. The van der Waals surface area contributed by atoms with Gasteiger partial charge < -0.3 is 20.5 Å². The van der Waals surface area contributed by atoms with Crippen molar-refractivity contribution in [1.82, 2.24) is 4.98 Å². The first-order chi connectivity index (χ1) is 8.37. The molecule has 0 amide bonds. The molecule has 0 spiro atoms. The highest BCUT2D eigenvalue weighted by atomic mass is 79.9. The van der Waals surface area contributed by atoms with Gasteiger partial charge in [-0.15, -0.1) is 0 Å². The fraction of sp³-hybridized carbons (Fsp3) is 0.583. The van der Waals surface area contributed by atoms with E-state index in [0.29, 0.717) is 24.7 Å². The lowest BCUT2D eigenvalue weighted by molar-refractivity contribution is -0.136. The van der Waals surface area contributed by atoms with Crippen molar-refractivity contribution in [3.8, 4) is 0 Å². The lowest BCUT2D eigenvalue weighted by atomic mass is 10.3. The maximum Gasteiger partial charge on any atom is 0.163 e. The first-order valence-electron chi connectivity index (χ1n) is 5.85. The Morgan fingerprint density at radius 1 is 1.61 bits per heavy atom. The van der Waals surface area contributed by atoms with E-state index in [4.69, 9.17) is 15.2 Å². The zero-order chi connectivity index (χ0) is 13.3. The Morgan fingerprint density at radius 2 is 2.33 bits per heavy atom. The molecule has 0 aromatic carbocycles. The highest BCUT2D eigenvalue weighted by Gasteiger charge is 2.32. The molecule has 1 atom stereocenters. The van der Waals surface area contributed by atoms with Gasteiger partial charge in [0.15, 0.2) is 5.79 Å². The monoisotopic (exact) mass is 315 g/mol. The quantitative estimate of drug-likeness (QED) is 0.895. The number of rotatable bonds is 3.